The van der Waals surface area contributed by atoms with Crippen molar-refractivity contribution in [2.75, 3.05) is 12.4 Å². The second-order valence-corrected chi connectivity index (χ2v) is 7.41. The molecule has 2 aromatic carbocycles. The van der Waals surface area contributed by atoms with E-state index in [-0.39, 0.29) is 17.9 Å². The summed E-state index contributed by atoms with van der Waals surface area (Å²) in [5.41, 5.74) is 2.10. The first-order valence-electron chi connectivity index (χ1n) is 9.99. The molecule has 1 saturated carbocycles. The highest BCUT2D eigenvalue weighted by atomic mass is 16.5. The molecule has 1 aliphatic carbocycles. The van der Waals surface area contributed by atoms with Crippen molar-refractivity contribution in [2.45, 2.75) is 51.7 Å². The summed E-state index contributed by atoms with van der Waals surface area (Å²) >= 11 is 0. The molecule has 3 rings (SSSR count). The third kappa shape index (κ3) is 5.50. The number of benzene rings is 2. The van der Waals surface area contributed by atoms with E-state index in [1.807, 2.05) is 6.92 Å². The lowest BCUT2D eigenvalue weighted by atomic mass is 10.1. The number of ether oxygens (including phenoxy) is 2. The molecular weight excluding hydrogens is 368 g/mol. The monoisotopic (exact) mass is 396 g/mol. The highest BCUT2D eigenvalue weighted by molar-refractivity contribution is 5.97. The Bertz CT molecular complexity index is 858. The molecule has 0 aliphatic heterocycles. The molecule has 6 nitrogen and oxygen atoms in total. The number of hydrogen-bond acceptors (Lipinski definition) is 4. The van der Waals surface area contributed by atoms with E-state index in [9.17, 15) is 9.59 Å². The van der Waals surface area contributed by atoms with E-state index >= 15 is 0 Å². The summed E-state index contributed by atoms with van der Waals surface area (Å²) in [6.45, 7) is 3.56. The maximum Gasteiger partial charge on any atom is 0.265 e. The SMILES string of the molecule is COc1ccc(OC(C)C(=O)Nc2ccc(C(=O)NC3CCCC3)cc2C)cc1. The fourth-order valence-electron chi connectivity index (χ4n) is 3.43. The highest BCUT2D eigenvalue weighted by Crippen LogP contribution is 2.21. The van der Waals surface area contributed by atoms with E-state index in [0.29, 0.717) is 17.0 Å². The third-order valence-corrected chi connectivity index (χ3v) is 5.18. The average Bonchev–Trinajstić information content (AvgIpc) is 3.23. The van der Waals surface area contributed by atoms with E-state index in [4.69, 9.17) is 9.47 Å². The van der Waals surface area contributed by atoms with Gasteiger partial charge in [0, 0.05) is 17.3 Å². The normalized spacial score (nSPS) is 14.9. The predicted molar refractivity (Wildman–Crippen MR) is 113 cm³/mol. The smallest absolute Gasteiger partial charge is 0.265 e. The molecule has 0 radical (unpaired) electrons. The molecule has 0 bridgehead atoms. The minimum absolute atomic E-state index is 0.0610. The van der Waals surface area contributed by atoms with Crippen LogP contribution in [0.5, 0.6) is 11.5 Å². The van der Waals surface area contributed by atoms with E-state index in [1.54, 1.807) is 56.5 Å². The molecule has 1 atom stereocenters. The van der Waals surface area contributed by atoms with Gasteiger partial charge in [-0.1, -0.05) is 12.8 Å². The Balaban J connectivity index is 1.58. The van der Waals surface area contributed by atoms with Crippen molar-refractivity contribution in [3.05, 3.63) is 53.6 Å². The Labute approximate surface area is 171 Å². The maximum absolute atomic E-state index is 12.5. The summed E-state index contributed by atoms with van der Waals surface area (Å²) in [7, 11) is 1.60. The lowest BCUT2D eigenvalue weighted by Crippen LogP contribution is -2.32. The van der Waals surface area contributed by atoms with E-state index < -0.39 is 6.10 Å². The minimum Gasteiger partial charge on any atom is -0.497 e. The predicted octanol–water partition coefficient (Wildman–Crippen LogP) is 4.08. The van der Waals surface area contributed by atoms with Gasteiger partial charge in [0.05, 0.1) is 7.11 Å². The van der Waals surface area contributed by atoms with Crippen LogP contribution in [0.25, 0.3) is 0 Å². The lowest BCUT2D eigenvalue weighted by Gasteiger charge is -2.17. The standard InChI is InChI=1S/C23H28N2O4/c1-15-14-17(23(27)24-18-6-4-5-7-18)8-13-21(15)25-22(26)16(2)29-20-11-9-19(28-3)10-12-20/h8-14,16,18H,4-7H2,1-3H3,(H,24,27)(H,25,26). The Hall–Kier alpha value is -3.02. The number of nitrogens with one attached hydrogen (secondary N) is 2. The van der Waals surface area contributed by atoms with E-state index in [1.165, 1.54) is 12.8 Å². The topological polar surface area (TPSA) is 76.7 Å². The number of methoxy groups -OCH3 is 1. The van der Waals surface area contributed by atoms with Gasteiger partial charge in [0.15, 0.2) is 6.10 Å². The first-order chi connectivity index (χ1) is 14.0. The number of carbonyl (C=O) groups excluding carboxylic acids is 2. The number of rotatable bonds is 7. The molecule has 0 spiro atoms. The first kappa shape index (κ1) is 20.7. The van der Waals surface area contributed by atoms with Gasteiger partial charge in [0.1, 0.15) is 11.5 Å². The van der Waals surface area contributed by atoms with Crippen LogP contribution in [-0.4, -0.2) is 31.1 Å². The van der Waals surface area contributed by atoms with Crippen LogP contribution >= 0.6 is 0 Å². The maximum atomic E-state index is 12.5. The van der Waals surface area contributed by atoms with Crippen LogP contribution in [0.2, 0.25) is 0 Å². The van der Waals surface area contributed by atoms with Gasteiger partial charge in [0.25, 0.3) is 11.8 Å². The van der Waals surface area contributed by atoms with Gasteiger partial charge in [-0.2, -0.15) is 0 Å². The van der Waals surface area contributed by atoms with Crippen molar-refractivity contribution < 1.29 is 19.1 Å². The highest BCUT2D eigenvalue weighted by Gasteiger charge is 2.19. The van der Waals surface area contributed by atoms with Crippen molar-refractivity contribution in [2.24, 2.45) is 0 Å². The molecule has 1 aliphatic rings. The van der Waals surface area contributed by atoms with Gasteiger partial charge in [-0.3, -0.25) is 9.59 Å². The first-order valence-corrected chi connectivity index (χ1v) is 9.99. The van der Waals surface area contributed by atoms with Crippen molar-refractivity contribution in [3.63, 3.8) is 0 Å². The zero-order valence-electron chi connectivity index (χ0n) is 17.2. The molecule has 0 aromatic heterocycles. The molecule has 2 amide bonds. The minimum atomic E-state index is -0.673. The summed E-state index contributed by atoms with van der Waals surface area (Å²) in [6, 6.07) is 12.6. The molecule has 1 fully saturated rings. The summed E-state index contributed by atoms with van der Waals surface area (Å²) in [6.07, 6.45) is 3.76. The van der Waals surface area contributed by atoms with Crippen molar-refractivity contribution in [3.8, 4) is 11.5 Å². The Morgan fingerprint density at radius 1 is 1.03 bits per heavy atom. The van der Waals surface area contributed by atoms with Gasteiger partial charge < -0.3 is 20.1 Å². The van der Waals surface area contributed by atoms with Gasteiger partial charge >= 0.3 is 0 Å². The zero-order chi connectivity index (χ0) is 20.8. The Kier molecular flexibility index (Phi) is 6.75. The molecule has 1 unspecified atom stereocenters. The van der Waals surface area contributed by atoms with Crippen LogP contribution in [0, 0.1) is 6.92 Å². The van der Waals surface area contributed by atoms with Gasteiger partial charge in [-0.25, -0.2) is 0 Å². The number of aryl methyl sites for hydroxylation is 1. The Morgan fingerprint density at radius 2 is 1.69 bits per heavy atom. The Morgan fingerprint density at radius 3 is 2.31 bits per heavy atom. The van der Waals surface area contributed by atoms with Crippen molar-refractivity contribution in [1.82, 2.24) is 5.32 Å². The molecule has 154 valence electrons. The number of amides is 2. The third-order valence-electron chi connectivity index (χ3n) is 5.18. The summed E-state index contributed by atoms with van der Waals surface area (Å²) < 4.78 is 10.8. The summed E-state index contributed by atoms with van der Waals surface area (Å²) in [4.78, 5) is 24.9. The number of hydrogen-bond donors (Lipinski definition) is 2. The second kappa shape index (κ2) is 9.45. The van der Waals surface area contributed by atoms with Crippen LogP contribution in [0.4, 0.5) is 5.69 Å². The van der Waals surface area contributed by atoms with E-state index in [0.717, 1.165) is 24.2 Å². The van der Waals surface area contributed by atoms with E-state index in [2.05, 4.69) is 10.6 Å². The van der Waals surface area contributed by atoms with Crippen molar-refractivity contribution >= 4 is 17.5 Å². The summed E-state index contributed by atoms with van der Waals surface area (Å²) in [5.74, 6) is 0.993. The van der Waals surface area contributed by atoms with Crippen LogP contribution < -0.4 is 20.1 Å². The van der Waals surface area contributed by atoms with Gasteiger partial charge in [-0.15, -0.1) is 0 Å². The fourth-order valence-corrected chi connectivity index (χ4v) is 3.43. The van der Waals surface area contributed by atoms with Crippen LogP contribution in [0.3, 0.4) is 0 Å². The average molecular weight is 396 g/mol. The molecule has 6 heteroatoms. The van der Waals surface area contributed by atoms with Gasteiger partial charge in [-0.05, 0) is 74.7 Å². The van der Waals surface area contributed by atoms with Gasteiger partial charge in [0.2, 0.25) is 0 Å². The summed E-state index contributed by atoms with van der Waals surface area (Å²) in [5, 5.41) is 5.95. The molecule has 0 saturated heterocycles. The van der Waals surface area contributed by atoms with Crippen LogP contribution in [0.15, 0.2) is 42.5 Å². The van der Waals surface area contributed by atoms with Crippen LogP contribution in [-0.2, 0) is 4.79 Å². The molecule has 2 N–H and O–H groups in total. The second-order valence-electron chi connectivity index (χ2n) is 7.41. The molecular formula is C23H28N2O4. The fraction of sp³-hybridized carbons (Fsp3) is 0.391. The number of carbonyl (C=O) groups is 2. The van der Waals surface area contributed by atoms with Crippen LogP contribution in [0.1, 0.15) is 48.5 Å². The molecule has 0 heterocycles. The molecule has 29 heavy (non-hydrogen) atoms. The largest absolute Gasteiger partial charge is 0.497 e. The zero-order valence-corrected chi connectivity index (χ0v) is 17.2. The van der Waals surface area contributed by atoms with Crippen molar-refractivity contribution in [1.29, 1.82) is 0 Å². The quantitative estimate of drug-likeness (QED) is 0.739. The number of anilines is 1. The lowest BCUT2D eigenvalue weighted by molar-refractivity contribution is -0.122. The molecule has 2 aromatic rings.